The molecule has 0 aromatic heterocycles. The molecule has 1 amide bonds. The van der Waals surface area contributed by atoms with Gasteiger partial charge in [0.15, 0.2) is 0 Å². The second-order valence-electron chi connectivity index (χ2n) is 9.11. The minimum absolute atomic E-state index is 0.0453. The molecule has 2 aromatic carbocycles. The van der Waals surface area contributed by atoms with Gasteiger partial charge in [0.2, 0.25) is 5.91 Å². The van der Waals surface area contributed by atoms with E-state index in [1.807, 2.05) is 91.6 Å². The number of rotatable bonds is 6. The van der Waals surface area contributed by atoms with Gasteiger partial charge < -0.3 is 14.4 Å². The van der Waals surface area contributed by atoms with Crippen LogP contribution in [0, 0.1) is 17.8 Å². The van der Waals surface area contributed by atoms with E-state index in [9.17, 15) is 9.59 Å². The number of likely N-dealkylation sites (tertiary alicyclic amines) is 1. The number of ether oxygens (including phenoxy) is 2. The number of hydrogen-bond acceptors (Lipinski definition) is 4. The lowest BCUT2D eigenvalue weighted by atomic mass is 9.77. The van der Waals surface area contributed by atoms with Crippen molar-refractivity contribution in [1.82, 2.24) is 4.90 Å². The molecule has 1 unspecified atom stereocenters. The topological polar surface area (TPSA) is 55.8 Å². The molecule has 160 valence electrons. The first-order valence-electron chi connectivity index (χ1n) is 10.9. The van der Waals surface area contributed by atoms with Crippen molar-refractivity contribution in [3.63, 3.8) is 0 Å². The van der Waals surface area contributed by atoms with E-state index in [4.69, 9.17) is 9.47 Å². The summed E-state index contributed by atoms with van der Waals surface area (Å²) in [5.41, 5.74) is 1.32. The van der Waals surface area contributed by atoms with Crippen LogP contribution in [0.4, 0.5) is 0 Å². The molecular formula is C26H27NO4. The average Bonchev–Trinajstić information content (AvgIpc) is 3.42. The summed E-state index contributed by atoms with van der Waals surface area (Å²) in [7, 11) is 0. The summed E-state index contributed by atoms with van der Waals surface area (Å²) in [4.78, 5) is 28.6. The van der Waals surface area contributed by atoms with Crippen LogP contribution < -0.4 is 0 Å². The summed E-state index contributed by atoms with van der Waals surface area (Å²) in [6, 6.07) is 19.8. The highest BCUT2D eigenvalue weighted by Crippen LogP contribution is 2.54. The first-order chi connectivity index (χ1) is 15.0. The maximum absolute atomic E-state index is 13.8. The van der Waals surface area contributed by atoms with Crippen LogP contribution >= 0.6 is 0 Å². The molecule has 4 atom stereocenters. The third-order valence-electron chi connectivity index (χ3n) is 6.50. The van der Waals surface area contributed by atoms with Gasteiger partial charge in [0.25, 0.3) is 0 Å². The number of carbonyl (C=O) groups is 2. The molecule has 5 rings (SSSR count). The second kappa shape index (κ2) is 7.65. The van der Waals surface area contributed by atoms with Gasteiger partial charge in [-0.1, -0.05) is 86.7 Å². The monoisotopic (exact) mass is 417 g/mol. The van der Waals surface area contributed by atoms with Gasteiger partial charge in [-0.05, 0) is 17.0 Å². The molecule has 5 nitrogen and oxygen atoms in total. The fraction of sp³-hybridized carbons (Fsp3) is 0.385. The minimum Gasteiger partial charge on any atom is -0.465 e. The van der Waals surface area contributed by atoms with Crippen LogP contribution in [0.15, 0.2) is 72.8 Å². The fourth-order valence-electron chi connectivity index (χ4n) is 5.18. The van der Waals surface area contributed by atoms with Crippen LogP contribution in [0.2, 0.25) is 0 Å². The SMILES string of the molecule is CC(C)COC(=O)[C@H]1[C@H]2C=CC3(CN(C(c4ccccc4)c4ccccc4)C(=O)[C@@H]13)O2. The molecule has 0 N–H and O–H groups in total. The Kier molecular flexibility index (Phi) is 4.94. The van der Waals surface area contributed by atoms with Gasteiger partial charge in [0.1, 0.15) is 11.5 Å². The Morgan fingerprint density at radius 1 is 1.10 bits per heavy atom. The fourth-order valence-corrected chi connectivity index (χ4v) is 5.18. The van der Waals surface area contributed by atoms with E-state index >= 15 is 0 Å². The van der Waals surface area contributed by atoms with E-state index in [-0.39, 0.29) is 29.9 Å². The van der Waals surface area contributed by atoms with E-state index in [2.05, 4.69) is 0 Å². The molecule has 2 fully saturated rings. The molecule has 3 heterocycles. The number of amides is 1. The van der Waals surface area contributed by atoms with Gasteiger partial charge in [-0.2, -0.15) is 0 Å². The summed E-state index contributed by atoms with van der Waals surface area (Å²) in [6.45, 7) is 4.77. The van der Waals surface area contributed by atoms with Crippen molar-refractivity contribution in [1.29, 1.82) is 0 Å². The summed E-state index contributed by atoms with van der Waals surface area (Å²) in [5.74, 6) is -1.27. The average molecular weight is 418 g/mol. The van der Waals surface area contributed by atoms with Crippen molar-refractivity contribution in [3.05, 3.63) is 83.9 Å². The molecule has 0 aliphatic carbocycles. The molecule has 31 heavy (non-hydrogen) atoms. The number of benzene rings is 2. The smallest absolute Gasteiger partial charge is 0.312 e. The molecule has 3 aliphatic rings. The molecule has 0 saturated carbocycles. The summed E-state index contributed by atoms with van der Waals surface area (Å²) in [5, 5.41) is 0. The van der Waals surface area contributed by atoms with Crippen molar-refractivity contribution < 1.29 is 19.1 Å². The van der Waals surface area contributed by atoms with Crippen molar-refractivity contribution in [3.8, 4) is 0 Å². The van der Waals surface area contributed by atoms with E-state index < -0.39 is 17.4 Å². The van der Waals surface area contributed by atoms with E-state index in [0.29, 0.717) is 13.2 Å². The number of hydrogen-bond donors (Lipinski definition) is 0. The van der Waals surface area contributed by atoms with Gasteiger partial charge in [-0.3, -0.25) is 9.59 Å². The van der Waals surface area contributed by atoms with E-state index in [1.165, 1.54) is 0 Å². The Balaban J connectivity index is 1.50. The molecular weight excluding hydrogens is 390 g/mol. The van der Waals surface area contributed by atoms with Crippen LogP contribution in [0.5, 0.6) is 0 Å². The predicted molar refractivity (Wildman–Crippen MR) is 116 cm³/mol. The lowest BCUT2D eigenvalue weighted by molar-refractivity contribution is -0.155. The van der Waals surface area contributed by atoms with Gasteiger partial charge in [0.05, 0.1) is 31.2 Å². The summed E-state index contributed by atoms with van der Waals surface area (Å²) in [6.07, 6.45) is 3.52. The standard InChI is InChI=1S/C26H27NO4/c1-17(2)15-30-25(29)21-20-13-14-26(31-20)16-27(24(28)22(21)26)23(18-9-5-3-6-10-18)19-11-7-4-8-12-19/h3-14,17,20-23H,15-16H2,1-2H3/t20-,21+,22-,26?/m1/s1. The first-order valence-corrected chi connectivity index (χ1v) is 10.9. The van der Waals surface area contributed by atoms with Crippen molar-refractivity contribution >= 4 is 11.9 Å². The normalized spacial score (nSPS) is 28.6. The molecule has 2 saturated heterocycles. The van der Waals surface area contributed by atoms with Gasteiger partial charge in [-0.15, -0.1) is 0 Å². The maximum Gasteiger partial charge on any atom is 0.312 e. The van der Waals surface area contributed by atoms with Crippen molar-refractivity contribution in [2.45, 2.75) is 31.6 Å². The van der Waals surface area contributed by atoms with E-state index in [1.54, 1.807) is 0 Å². The maximum atomic E-state index is 13.8. The van der Waals surface area contributed by atoms with Crippen LogP contribution in [0.25, 0.3) is 0 Å². The Labute approximate surface area is 182 Å². The highest BCUT2D eigenvalue weighted by molar-refractivity contribution is 5.91. The Hall–Kier alpha value is -2.92. The Bertz CT molecular complexity index is 963. The zero-order chi connectivity index (χ0) is 21.6. The molecule has 0 radical (unpaired) electrons. The second-order valence-corrected chi connectivity index (χ2v) is 9.11. The van der Waals surface area contributed by atoms with Crippen molar-refractivity contribution in [2.24, 2.45) is 17.8 Å². The van der Waals surface area contributed by atoms with Crippen LogP contribution in [-0.2, 0) is 19.1 Å². The zero-order valence-corrected chi connectivity index (χ0v) is 17.8. The Morgan fingerprint density at radius 2 is 1.71 bits per heavy atom. The zero-order valence-electron chi connectivity index (χ0n) is 17.8. The molecule has 2 aromatic rings. The molecule has 3 aliphatic heterocycles. The van der Waals surface area contributed by atoms with Gasteiger partial charge in [-0.25, -0.2) is 0 Å². The number of nitrogens with zero attached hydrogens (tertiary/aromatic N) is 1. The van der Waals surface area contributed by atoms with Gasteiger partial charge in [0, 0.05) is 0 Å². The van der Waals surface area contributed by atoms with Crippen LogP contribution in [0.1, 0.15) is 31.0 Å². The molecule has 2 bridgehead atoms. The molecule has 1 spiro atoms. The minimum atomic E-state index is -0.759. The third kappa shape index (κ3) is 3.28. The quantitative estimate of drug-likeness (QED) is 0.531. The number of esters is 1. The van der Waals surface area contributed by atoms with E-state index in [0.717, 1.165) is 11.1 Å². The highest BCUT2D eigenvalue weighted by atomic mass is 16.6. The predicted octanol–water partition coefficient (Wildman–Crippen LogP) is 3.76. The lowest BCUT2D eigenvalue weighted by Gasteiger charge is -2.31. The van der Waals surface area contributed by atoms with Crippen molar-refractivity contribution in [2.75, 3.05) is 13.2 Å². The van der Waals surface area contributed by atoms with Crippen LogP contribution in [0.3, 0.4) is 0 Å². The molecule has 5 heteroatoms. The summed E-state index contributed by atoms with van der Waals surface area (Å²) >= 11 is 0. The number of fused-ring (bicyclic) bond motifs is 1. The largest absolute Gasteiger partial charge is 0.465 e. The van der Waals surface area contributed by atoms with Gasteiger partial charge >= 0.3 is 5.97 Å². The lowest BCUT2D eigenvalue weighted by Crippen LogP contribution is -2.40. The Morgan fingerprint density at radius 3 is 2.29 bits per heavy atom. The summed E-state index contributed by atoms with van der Waals surface area (Å²) < 4.78 is 11.8. The number of carbonyl (C=O) groups excluding carboxylic acids is 2. The first kappa shape index (κ1) is 20.0. The third-order valence-corrected chi connectivity index (χ3v) is 6.50. The highest BCUT2D eigenvalue weighted by Gasteiger charge is 2.68. The van der Waals surface area contributed by atoms with Crippen LogP contribution in [-0.4, -0.2) is 41.6 Å².